The predicted octanol–water partition coefficient (Wildman–Crippen LogP) is 3.28. The highest BCUT2D eigenvalue weighted by Gasteiger charge is 2.69. The summed E-state index contributed by atoms with van der Waals surface area (Å²) in [4.78, 5) is 57.2. The van der Waals surface area contributed by atoms with Crippen molar-refractivity contribution in [2.24, 2.45) is 28.6 Å². The molecule has 0 bridgehead atoms. The van der Waals surface area contributed by atoms with Crippen molar-refractivity contribution in [3.8, 4) is 0 Å². The van der Waals surface area contributed by atoms with E-state index in [1.54, 1.807) is 4.90 Å². The summed E-state index contributed by atoms with van der Waals surface area (Å²) < 4.78 is 0. The number of urea groups is 1. The van der Waals surface area contributed by atoms with E-state index in [0.29, 0.717) is 18.9 Å². The van der Waals surface area contributed by atoms with Gasteiger partial charge in [0, 0.05) is 37.6 Å². The third-order valence-electron chi connectivity index (χ3n) is 9.46. The largest absolute Gasteiger partial charge is 0.351 e. The van der Waals surface area contributed by atoms with E-state index in [-0.39, 0.29) is 41.0 Å². The van der Waals surface area contributed by atoms with E-state index >= 15 is 0 Å². The number of piperidine rings is 1. The fraction of sp³-hybridized carbons (Fsp3) is 0.867. The molecular weight excluding hydrogens is 494 g/mol. The number of likely N-dealkylation sites (tertiary alicyclic amines) is 2. The van der Waals surface area contributed by atoms with Crippen LogP contribution in [0.2, 0.25) is 0 Å². The Morgan fingerprint density at radius 2 is 1.59 bits per heavy atom. The average molecular weight is 546 g/mol. The first kappa shape index (κ1) is 29.7. The van der Waals surface area contributed by atoms with Gasteiger partial charge >= 0.3 is 6.03 Å². The van der Waals surface area contributed by atoms with Gasteiger partial charge in [0.15, 0.2) is 0 Å². The molecule has 4 rings (SSSR count). The van der Waals surface area contributed by atoms with Crippen LogP contribution >= 0.6 is 0 Å². The number of rotatable bonds is 8. The average Bonchev–Trinajstić information content (AvgIpc) is 3.05. The number of fused-ring (bicyclic) bond motifs is 1. The van der Waals surface area contributed by atoms with Gasteiger partial charge in [-0.1, -0.05) is 53.9 Å². The summed E-state index contributed by atoms with van der Waals surface area (Å²) in [5.41, 5.74) is -1.02. The van der Waals surface area contributed by atoms with Crippen LogP contribution in [-0.4, -0.2) is 76.9 Å². The van der Waals surface area contributed by atoms with Gasteiger partial charge in [-0.15, -0.1) is 0 Å². The molecule has 0 spiro atoms. The van der Waals surface area contributed by atoms with Crippen LogP contribution in [0.4, 0.5) is 4.79 Å². The molecule has 2 saturated carbocycles. The lowest BCUT2D eigenvalue weighted by atomic mass is 9.80. The van der Waals surface area contributed by atoms with E-state index in [9.17, 15) is 19.2 Å². The zero-order valence-electron chi connectivity index (χ0n) is 25.4. The van der Waals surface area contributed by atoms with E-state index in [1.807, 2.05) is 46.4 Å². The monoisotopic (exact) mass is 545 g/mol. The number of carbonyl (C=O) groups excluding carboxylic acids is 4. The highest BCUT2D eigenvalue weighted by Crippen LogP contribution is 2.65. The molecule has 220 valence electrons. The van der Waals surface area contributed by atoms with Gasteiger partial charge in [0.25, 0.3) is 0 Å². The van der Waals surface area contributed by atoms with Gasteiger partial charge in [-0.05, 0) is 62.2 Å². The molecule has 0 aromatic carbocycles. The zero-order chi connectivity index (χ0) is 28.9. The van der Waals surface area contributed by atoms with E-state index in [0.717, 1.165) is 38.8 Å². The Bertz CT molecular complexity index is 973. The third-order valence-corrected chi connectivity index (χ3v) is 9.46. The van der Waals surface area contributed by atoms with E-state index < -0.39 is 29.1 Å². The second-order valence-corrected chi connectivity index (χ2v) is 15.2. The quantitative estimate of drug-likeness (QED) is 0.435. The summed E-state index contributed by atoms with van der Waals surface area (Å²) in [7, 11) is 0. The van der Waals surface area contributed by atoms with Crippen molar-refractivity contribution in [2.45, 2.75) is 118 Å². The normalized spacial score (nSPS) is 27.4. The lowest BCUT2D eigenvalue weighted by Crippen LogP contribution is -2.62. The summed E-state index contributed by atoms with van der Waals surface area (Å²) in [6, 6.07) is -2.00. The number of carbonyl (C=O) groups is 4. The fourth-order valence-electron chi connectivity index (χ4n) is 6.65. The Morgan fingerprint density at radius 3 is 2.08 bits per heavy atom. The predicted molar refractivity (Wildman–Crippen MR) is 151 cm³/mol. The molecule has 1 unspecified atom stereocenters. The van der Waals surface area contributed by atoms with Crippen molar-refractivity contribution < 1.29 is 19.2 Å². The number of hydrogen-bond acceptors (Lipinski definition) is 4. The van der Waals surface area contributed by atoms with Crippen LogP contribution in [0.1, 0.15) is 93.9 Å². The number of nitrogens with one attached hydrogen (secondary N) is 3. The molecule has 5 amide bonds. The molecule has 4 aliphatic rings. The van der Waals surface area contributed by atoms with Gasteiger partial charge in [0.2, 0.25) is 17.7 Å². The first-order valence-corrected chi connectivity index (χ1v) is 15.0. The Morgan fingerprint density at radius 1 is 0.949 bits per heavy atom. The Hall–Kier alpha value is -2.32. The Kier molecular flexibility index (Phi) is 8.05. The van der Waals surface area contributed by atoms with Gasteiger partial charge in [-0.2, -0.15) is 0 Å². The number of nitrogens with zero attached hydrogens (tertiary/aromatic N) is 2. The fourth-order valence-corrected chi connectivity index (χ4v) is 6.65. The first-order chi connectivity index (χ1) is 18.0. The minimum atomic E-state index is -0.783. The maximum absolute atomic E-state index is 14.1. The van der Waals surface area contributed by atoms with E-state index in [2.05, 4.69) is 29.8 Å². The lowest BCUT2D eigenvalue weighted by Gasteiger charge is -2.39. The summed E-state index contributed by atoms with van der Waals surface area (Å²) in [5.74, 6) is 0.587. The van der Waals surface area contributed by atoms with Crippen molar-refractivity contribution in [2.75, 3.05) is 19.6 Å². The standard InChI is InChI=1S/C30H51N5O4/c1-28(2,3)24(32-27(39)33-29(4,5)6)26(38)35-17-20-22(30(20,7)8)23(35)25(37)31-19(15-18-11-9-12-18)16-21(36)34-13-10-14-34/h18-20,22-24H,9-17H2,1-8H3,(H,31,37)(H2,32,33,39)/t19?,20-,22-,23-,24+/m0/s1. The zero-order valence-corrected chi connectivity index (χ0v) is 25.4. The van der Waals surface area contributed by atoms with Gasteiger partial charge in [-0.3, -0.25) is 14.4 Å². The lowest BCUT2D eigenvalue weighted by molar-refractivity contribution is -0.144. The molecule has 2 aliphatic carbocycles. The van der Waals surface area contributed by atoms with Crippen molar-refractivity contribution in [3.63, 3.8) is 0 Å². The second kappa shape index (κ2) is 10.6. The molecule has 2 aliphatic heterocycles. The molecule has 3 N–H and O–H groups in total. The molecule has 39 heavy (non-hydrogen) atoms. The van der Waals surface area contributed by atoms with Gasteiger partial charge in [-0.25, -0.2) is 4.79 Å². The third kappa shape index (κ3) is 6.54. The first-order valence-electron chi connectivity index (χ1n) is 15.0. The van der Waals surface area contributed by atoms with E-state index in [1.165, 1.54) is 6.42 Å². The van der Waals surface area contributed by atoms with Crippen LogP contribution in [0.5, 0.6) is 0 Å². The molecule has 0 radical (unpaired) electrons. The maximum Gasteiger partial charge on any atom is 0.315 e. The molecule has 0 aromatic heterocycles. The SMILES string of the molecule is CC(C)(C)NC(=O)N[C@H](C(=O)N1C[C@H]2[C@@H]([C@H]1C(=O)NC(CC(=O)N1CCC1)CC1CCC1)C2(C)C)C(C)(C)C. The Labute approximate surface area is 234 Å². The van der Waals surface area contributed by atoms with Crippen molar-refractivity contribution in [1.29, 1.82) is 0 Å². The number of hydrogen-bond donors (Lipinski definition) is 3. The van der Waals surface area contributed by atoms with Crippen LogP contribution in [0.25, 0.3) is 0 Å². The summed E-state index contributed by atoms with van der Waals surface area (Å²) in [6.07, 6.45) is 5.66. The Balaban J connectivity index is 1.51. The molecule has 5 atom stereocenters. The van der Waals surface area contributed by atoms with E-state index in [4.69, 9.17) is 0 Å². The smallest absolute Gasteiger partial charge is 0.315 e. The van der Waals surface area contributed by atoms with Crippen LogP contribution in [0.3, 0.4) is 0 Å². The molecule has 2 saturated heterocycles. The summed E-state index contributed by atoms with van der Waals surface area (Å²) in [5, 5.41) is 9.04. The molecule has 2 heterocycles. The molecule has 0 aromatic rings. The second-order valence-electron chi connectivity index (χ2n) is 15.2. The topological polar surface area (TPSA) is 111 Å². The molecule has 9 heteroatoms. The summed E-state index contributed by atoms with van der Waals surface area (Å²) >= 11 is 0. The van der Waals surface area contributed by atoms with Crippen molar-refractivity contribution in [1.82, 2.24) is 25.8 Å². The van der Waals surface area contributed by atoms with Gasteiger partial charge < -0.3 is 25.8 Å². The van der Waals surface area contributed by atoms with Crippen LogP contribution in [0.15, 0.2) is 0 Å². The molecule has 4 fully saturated rings. The number of amides is 5. The maximum atomic E-state index is 14.1. The van der Waals surface area contributed by atoms with Crippen LogP contribution < -0.4 is 16.0 Å². The minimum Gasteiger partial charge on any atom is -0.351 e. The summed E-state index contributed by atoms with van der Waals surface area (Å²) in [6.45, 7) is 17.9. The highest BCUT2D eigenvalue weighted by molar-refractivity contribution is 5.94. The molecule has 9 nitrogen and oxygen atoms in total. The van der Waals surface area contributed by atoms with Crippen molar-refractivity contribution >= 4 is 23.8 Å². The van der Waals surface area contributed by atoms with Gasteiger partial charge in [0.05, 0.1) is 0 Å². The minimum absolute atomic E-state index is 0.0238. The van der Waals surface area contributed by atoms with Crippen molar-refractivity contribution in [3.05, 3.63) is 0 Å². The van der Waals surface area contributed by atoms with Crippen LogP contribution in [-0.2, 0) is 14.4 Å². The van der Waals surface area contributed by atoms with Gasteiger partial charge in [0.1, 0.15) is 12.1 Å². The highest BCUT2D eigenvalue weighted by atomic mass is 16.2. The van der Waals surface area contributed by atoms with Crippen LogP contribution in [0, 0.1) is 28.6 Å². The molecular formula is C30H51N5O4.